The molecule has 1 heterocycles. The number of carbonyl (C=O) groups excluding carboxylic acids is 1. The zero-order valence-electron chi connectivity index (χ0n) is 10.2. The minimum absolute atomic E-state index is 0.148. The van der Waals surface area contributed by atoms with E-state index in [1.165, 1.54) is 12.8 Å². The smallest absolute Gasteiger partial charge is 0.146 e. The Morgan fingerprint density at radius 3 is 2.80 bits per heavy atom. The molecule has 0 radical (unpaired) electrons. The average molecular weight is 213 g/mol. The predicted octanol–water partition coefficient (Wildman–Crippen LogP) is 1.85. The van der Waals surface area contributed by atoms with Crippen LogP contribution in [-0.2, 0) is 9.53 Å². The van der Waals surface area contributed by atoms with Gasteiger partial charge >= 0.3 is 0 Å². The van der Waals surface area contributed by atoms with Gasteiger partial charge in [-0.3, -0.25) is 9.69 Å². The summed E-state index contributed by atoms with van der Waals surface area (Å²) in [5.74, 6) is 0.305. The van der Waals surface area contributed by atoms with Crippen LogP contribution in [0, 0.1) is 0 Å². The fraction of sp³-hybridized carbons (Fsp3) is 0.917. The third-order valence-corrected chi connectivity index (χ3v) is 2.91. The van der Waals surface area contributed by atoms with Crippen molar-refractivity contribution in [1.82, 2.24) is 4.90 Å². The standard InChI is InChI=1S/C12H23NO2/c1-10(2)15-9-8-13-7-5-4-6-12(13)11(3)14/h10,12H,4-9H2,1-3H3. The molecule has 0 aromatic heterocycles. The van der Waals surface area contributed by atoms with Gasteiger partial charge in [0.15, 0.2) is 0 Å². The third kappa shape index (κ3) is 4.31. The summed E-state index contributed by atoms with van der Waals surface area (Å²) in [4.78, 5) is 13.7. The number of piperidine rings is 1. The van der Waals surface area contributed by atoms with E-state index < -0.39 is 0 Å². The molecule has 0 aromatic rings. The third-order valence-electron chi connectivity index (χ3n) is 2.91. The maximum atomic E-state index is 11.4. The number of ether oxygens (including phenoxy) is 1. The van der Waals surface area contributed by atoms with Crippen LogP contribution in [0.25, 0.3) is 0 Å². The maximum absolute atomic E-state index is 11.4. The highest BCUT2D eigenvalue weighted by Crippen LogP contribution is 2.17. The van der Waals surface area contributed by atoms with Crippen molar-refractivity contribution in [2.75, 3.05) is 19.7 Å². The van der Waals surface area contributed by atoms with Crippen LogP contribution in [0.2, 0.25) is 0 Å². The Morgan fingerprint density at radius 2 is 2.20 bits per heavy atom. The lowest BCUT2D eigenvalue weighted by Crippen LogP contribution is -2.45. The molecule has 1 rings (SSSR count). The summed E-state index contributed by atoms with van der Waals surface area (Å²) in [6, 6.07) is 0.148. The normalized spacial score (nSPS) is 23.3. The van der Waals surface area contributed by atoms with Crippen LogP contribution < -0.4 is 0 Å². The molecule has 0 amide bonds. The summed E-state index contributed by atoms with van der Waals surface area (Å²) in [6.07, 6.45) is 3.71. The second-order valence-electron chi connectivity index (χ2n) is 4.58. The zero-order valence-corrected chi connectivity index (χ0v) is 10.2. The van der Waals surface area contributed by atoms with Crippen molar-refractivity contribution in [3.05, 3.63) is 0 Å². The Morgan fingerprint density at radius 1 is 1.47 bits per heavy atom. The number of rotatable bonds is 5. The number of Topliss-reactive ketones (excluding diaryl/α,β-unsaturated/α-hetero) is 1. The molecule has 15 heavy (non-hydrogen) atoms. The second-order valence-corrected chi connectivity index (χ2v) is 4.58. The average Bonchev–Trinajstić information content (AvgIpc) is 2.17. The number of carbonyl (C=O) groups is 1. The van der Waals surface area contributed by atoms with E-state index in [1.807, 2.05) is 13.8 Å². The van der Waals surface area contributed by atoms with E-state index >= 15 is 0 Å². The van der Waals surface area contributed by atoms with Crippen molar-refractivity contribution in [2.45, 2.75) is 52.2 Å². The molecule has 3 heteroatoms. The minimum Gasteiger partial charge on any atom is -0.377 e. The van der Waals surface area contributed by atoms with Crippen molar-refractivity contribution in [3.8, 4) is 0 Å². The molecule has 1 fully saturated rings. The van der Waals surface area contributed by atoms with Gasteiger partial charge in [-0.05, 0) is 40.2 Å². The fourth-order valence-electron chi connectivity index (χ4n) is 2.12. The summed E-state index contributed by atoms with van der Waals surface area (Å²) < 4.78 is 5.52. The molecule has 0 aromatic carbocycles. The van der Waals surface area contributed by atoms with Gasteiger partial charge in [-0.15, -0.1) is 0 Å². The molecule has 0 N–H and O–H groups in total. The van der Waals surface area contributed by atoms with E-state index in [1.54, 1.807) is 6.92 Å². The van der Waals surface area contributed by atoms with Gasteiger partial charge in [0.25, 0.3) is 0 Å². The van der Waals surface area contributed by atoms with Crippen molar-refractivity contribution in [3.63, 3.8) is 0 Å². The zero-order chi connectivity index (χ0) is 11.3. The summed E-state index contributed by atoms with van der Waals surface area (Å²) in [5.41, 5.74) is 0. The fourth-order valence-corrected chi connectivity index (χ4v) is 2.12. The van der Waals surface area contributed by atoms with Crippen molar-refractivity contribution in [1.29, 1.82) is 0 Å². The lowest BCUT2D eigenvalue weighted by atomic mass is 9.99. The van der Waals surface area contributed by atoms with E-state index in [2.05, 4.69) is 4.90 Å². The number of nitrogens with zero attached hydrogens (tertiary/aromatic N) is 1. The van der Waals surface area contributed by atoms with Crippen LogP contribution in [0.15, 0.2) is 0 Å². The molecule has 1 atom stereocenters. The summed E-state index contributed by atoms with van der Waals surface area (Å²) >= 11 is 0. The molecule has 0 saturated carbocycles. The van der Waals surface area contributed by atoms with Gasteiger partial charge in [0.2, 0.25) is 0 Å². The molecular weight excluding hydrogens is 190 g/mol. The Labute approximate surface area is 92.8 Å². The molecule has 88 valence electrons. The van der Waals surface area contributed by atoms with E-state index in [0.29, 0.717) is 5.78 Å². The van der Waals surface area contributed by atoms with Crippen molar-refractivity contribution < 1.29 is 9.53 Å². The van der Waals surface area contributed by atoms with E-state index in [-0.39, 0.29) is 12.1 Å². The van der Waals surface area contributed by atoms with Crippen molar-refractivity contribution >= 4 is 5.78 Å². The maximum Gasteiger partial charge on any atom is 0.146 e. The first kappa shape index (κ1) is 12.7. The van der Waals surface area contributed by atoms with Gasteiger partial charge in [-0.1, -0.05) is 6.42 Å². The molecule has 1 unspecified atom stereocenters. The lowest BCUT2D eigenvalue weighted by Gasteiger charge is -2.34. The van der Waals surface area contributed by atoms with Crippen LogP contribution in [0.5, 0.6) is 0 Å². The van der Waals surface area contributed by atoms with Gasteiger partial charge < -0.3 is 4.74 Å². The molecule has 0 spiro atoms. The minimum atomic E-state index is 0.148. The van der Waals surface area contributed by atoms with Crippen LogP contribution in [0.1, 0.15) is 40.0 Å². The number of hydrogen-bond donors (Lipinski definition) is 0. The van der Waals surface area contributed by atoms with E-state index in [9.17, 15) is 4.79 Å². The van der Waals surface area contributed by atoms with E-state index in [4.69, 9.17) is 4.74 Å². The first-order valence-electron chi connectivity index (χ1n) is 5.97. The summed E-state index contributed by atoms with van der Waals surface area (Å²) in [6.45, 7) is 8.46. The van der Waals surface area contributed by atoms with Crippen LogP contribution >= 0.6 is 0 Å². The predicted molar refractivity (Wildman–Crippen MR) is 61.0 cm³/mol. The Balaban J connectivity index is 2.33. The highest BCUT2D eigenvalue weighted by Gasteiger charge is 2.25. The monoisotopic (exact) mass is 213 g/mol. The highest BCUT2D eigenvalue weighted by atomic mass is 16.5. The molecule has 3 nitrogen and oxygen atoms in total. The molecule has 1 aliphatic rings. The van der Waals surface area contributed by atoms with Gasteiger partial charge in [0.1, 0.15) is 5.78 Å². The Hall–Kier alpha value is -0.410. The van der Waals surface area contributed by atoms with Crippen LogP contribution in [-0.4, -0.2) is 42.5 Å². The van der Waals surface area contributed by atoms with Gasteiger partial charge in [-0.25, -0.2) is 0 Å². The van der Waals surface area contributed by atoms with Gasteiger partial charge in [0, 0.05) is 6.54 Å². The van der Waals surface area contributed by atoms with Crippen LogP contribution in [0.3, 0.4) is 0 Å². The number of hydrogen-bond acceptors (Lipinski definition) is 3. The Bertz CT molecular complexity index is 204. The Kier molecular flexibility index (Phi) is 5.26. The second kappa shape index (κ2) is 6.23. The van der Waals surface area contributed by atoms with Crippen LogP contribution in [0.4, 0.5) is 0 Å². The first-order chi connectivity index (χ1) is 7.11. The lowest BCUT2D eigenvalue weighted by molar-refractivity contribution is -0.123. The topological polar surface area (TPSA) is 29.5 Å². The SMILES string of the molecule is CC(=O)C1CCCCN1CCOC(C)C. The quantitative estimate of drug-likeness (QED) is 0.698. The molecule has 1 aliphatic heterocycles. The number of likely N-dealkylation sites (tertiary alicyclic amines) is 1. The van der Waals surface area contributed by atoms with E-state index in [0.717, 1.165) is 26.1 Å². The molecule has 0 aliphatic carbocycles. The van der Waals surface area contributed by atoms with Crippen molar-refractivity contribution in [2.24, 2.45) is 0 Å². The molecular formula is C12H23NO2. The van der Waals surface area contributed by atoms with Gasteiger partial charge in [-0.2, -0.15) is 0 Å². The first-order valence-corrected chi connectivity index (χ1v) is 5.97. The largest absolute Gasteiger partial charge is 0.377 e. The molecule has 1 saturated heterocycles. The van der Waals surface area contributed by atoms with Gasteiger partial charge in [0.05, 0.1) is 18.8 Å². The number of ketones is 1. The highest BCUT2D eigenvalue weighted by molar-refractivity contribution is 5.81. The summed E-state index contributed by atoms with van der Waals surface area (Å²) in [7, 11) is 0. The molecule has 0 bridgehead atoms. The summed E-state index contributed by atoms with van der Waals surface area (Å²) in [5, 5.41) is 0.